The lowest BCUT2D eigenvalue weighted by Gasteiger charge is -2.23. The highest BCUT2D eigenvalue weighted by Gasteiger charge is 2.22. The number of rotatable bonds is 5. The number of aromatic carboxylic acids is 1. The van der Waals surface area contributed by atoms with E-state index >= 15 is 0 Å². The molecule has 7 nitrogen and oxygen atoms in total. The first-order valence-electron chi connectivity index (χ1n) is 6.74. The van der Waals surface area contributed by atoms with Gasteiger partial charge in [0.15, 0.2) is 0 Å². The minimum atomic E-state index is -1.33. The van der Waals surface area contributed by atoms with Crippen LogP contribution in [-0.4, -0.2) is 21.9 Å². The van der Waals surface area contributed by atoms with E-state index in [4.69, 9.17) is 0 Å². The first kappa shape index (κ1) is 16.2. The summed E-state index contributed by atoms with van der Waals surface area (Å²) in [5.41, 5.74) is 0.316. The van der Waals surface area contributed by atoms with Crippen molar-refractivity contribution in [3.05, 3.63) is 69.8 Å². The standard InChI is InChI=1S/C16H14N2O5/c1-11(19)17(10-12-5-3-2-4-6-12)15-8-7-13(18(22)23)9-14(15)16(20)21/h2-9H,10H2,1H3,(H,20,21). The third-order valence-corrected chi connectivity index (χ3v) is 3.28. The summed E-state index contributed by atoms with van der Waals surface area (Å²) in [4.78, 5) is 34.8. The van der Waals surface area contributed by atoms with Crippen LogP contribution < -0.4 is 4.90 Å². The Hall–Kier alpha value is -3.22. The molecule has 0 aliphatic carbocycles. The Morgan fingerprint density at radius 3 is 2.35 bits per heavy atom. The second-order valence-electron chi connectivity index (χ2n) is 4.85. The molecule has 2 rings (SSSR count). The molecular weight excluding hydrogens is 300 g/mol. The molecule has 7 heteroatoms. The fraction of sp³-hybridized carbons (Fsp3) is 0.125. The number of carbonyl (C=O) groups excluding carboxylic acids is 1. The number of carboxylic acids is 1. The third-order valence-electron chi connectivity index (χ3n) is 3.28. The van der Waals surface area contributed by atoms with Crippen molar-refractivity contribution in [1.29, 1.82) is 0 Å². The Labute approximate surface area is 131 Å². The van der Waals surface area contributed by atoms with Gasteiger partial charge in [0.25, 0.3) is 5.69 Å². The molecule has 0 saturated carbocycles. The molecule has 0 bridgehead atoms. The van der Waals surface area contributed by atoms with Gasteiger partial charge >= 0.3 is 5.97 Å². The number of nitro benzene ring substituents is 1. The van der Waals surface area contributed by atoms with Gasteiger partial charge in [0, 0.05) is 19.1 Å². The van der Waals surface area contributed by atoms with Gasteiger partial charge in [-0.15, -0.1) is 0 Å². The number of nitro groups is 1. The Balaban J connectivity index is 2.48. The van der Waals surface area contributed by atoms with E-state index in [0.29, 0.717) is 0 Å². The van der Waals surface area contributed by atoms with E-state index in [9.17, 15) is 24.8 Å². The van der Waals surface area contributed by atoms with Gasteiger partial charge < -0.3 is 10.0 Å². The number of non-ortho nitro benzene ring substituents is 1. The molecule has 0 fully saturated rings. The summed E-state index contributed by atoms with van der Waals surface area (Å²) >= 11 is 0. The molecule has 1 N–H and O–H groups in total. The number of anilines is 1. The molecule has 0 heterocycles. The molecule has 0 radical (unpaired) electrons. The van der Waals surface area contributed by atoms with Crippen LogP contribution in [0.1, 0.15) is 22.8 Å². The number of hydrogen-bond donors (Lipinski definition) is 1. The smallest absolute Gasteiger partial charge is 0.338 e. The lowest BCUT2D eigenvalue weighted by molar-refractivity contribution is -0.384. The van der Waals surface area contributed by atoms with Crippen LogP contribution in [0.15, 0.2) is 48.5 Å². The SMILES string of the molecule is CC(=O)N(Cc1ccccc1)c1ccc([N+](=O)[O-])cc1C(=O)O. The van der Waals surface area contributed by atoms with E-state index in [1.165, 1.54) is 24.0 Å². The van der Waals surface area contributed by atoms with Crippen LogP contribution in [0, 0.1) is 10.1 Å². The zero-order chi connectivity index (χ0) is 17.0. The van der Waals surface area contributed by atoms with Gasteiger partial charge in [-0.05, 0) is 11.6 Å². The maximum atomic E-state index is 11.9. The summed E-state index contributed by atoms with van der Waals surface area (Å²) in [5.74, 6) is -1.69. The number of benzene rings is 2. The third kappa shape index (κ3) is 3.70. The fourth-order valence-corrected chi connectivity index (χ4v) is 2.18. The fourth-order valence-electron chi connectivity index (χ4n) is 2.18. The average molecular weight is 314 g/mol. The van der Waals surface area contributed by atoms with Crippen molar-refractivity contribution >= 4 is 23.3 Å². The van der Waals surface area contributed by atoms with Crippen molar-refractivity contribution in [1.82, 2.24) is 0 Å². The summed E-state index contributed by atoms with van der Waals surface area (Å²) in [5, 5.41) is 20.1. The van der Waals surface area contributed by atoms with Crippen molar-refractivity contribution in [3.63, 3.8) is 0 Å². The highest BCUT2D eigenvalue weighted by molar-refractivity contribution is 6.01. The lowest BCUT2D eigenvalue weighted by atomic mass is 10.1. The van der Waals surface area contributed by atoms with Gasteiger partial charge in [-0.2, -0.15) is 0 Å². The molecule has 0 atom stereocenters. The summed E-state index contributed by atoms with van der Waals surface area (Å²) < 4.78 is 0. The Morgan fingerprint density at radius 1 is 1.17 bits per heavy atom. The molecule has 0 spiro atoms. The van der Waals surface area contributed by atoms with E-state index in [1.807, 2.05) is 30.3 Å². The minimum absolute atomic E-state index is 0.124. The Bertz CT molecular complexity index is 758. The lowest BCUT2D eigenvalue weighted by Crippen LogP contribution is -2.29. The second kappa shape index (κ2) is 6.69. The van der Waals surface area contributed by atoms with Crippen molar-refractivity contribution in [2.24, 2.45) is 0 Å². The normalized spacial score (nSPS) is 10.1. The molecule has 2 aromatic rings. The largest absolute Gasteiger partial charge is 0.478 e. The number of nitrogens with zero attached hydrogens (tertiary/aromatic N) is 2. The summed E-state index contributed by atoms with van der Waals surface area (Å²) in [6.45, 7) is 1.49. The molecule has 0 aromatic heterocycles. The van der Waals surface area contributed by atoms with Crippen LogP contribution in [0.5, 0.6) is 0 Å². The molecule has 2 aromatic carbocycles. The van der Waals surface area contributed by atoms with E-state index < -0.39 is 10.9 Å². The molecule has 118 valence electrons. The van der Waals surface area contributed by atoms with Crippen molar-refractivity contribution < 1.29 is 19.6 Å². The summed E-state index contributed by atoms with van der Waals surface area (Å²) in [7, 11) is 0. The molecule has 0 unspecified atom stereocenters. The highest BCUT2D eigenvalue weighted by Crippen LogP contribution is 2.27. The summed E-state index contributed by atoms with van der Waals surface area (Å²) in [6, 6.07) is 12.5. The monoisotopic (exact) mass is 314 g/mol. The van der Waals surface area contributed by atoms with Crippen LogP contribution in [0.3, 0.4) is 0 Å². The van der Waals surface area contributed by atoms with Crippen LogP contribution in [0.4, 0.5) is 11.4 Å². The molecule has 0 aliphatic heterocycles. The van der Waals surface area contributed by atoms with Gasteiger partial charge in [0.2, 0.25) is 5.91 Å². The van der Waals surface area contributed by atoms with Crippen LogP contribution in [0.2, 0.25) is 0 Å². The zero-order valence-electron chi connectivity index (χ0n) is 12.3. The summed E-state index contributed by atoms with van der Waals surface area (Å²) in [6.07, 6.45) is 0. The number of hydrogen-bond acceptors (Lipinski definition) is 4. The molecule has 0 aliphatic rings. The van der Waals surface area contributed by atoms with Crippen LogP contribution in [0.25, 0.3) is 0 Å². The molecular formula is C16H14N2O5. The Kier molecular flexibility index (Phi) is 4.70. The Morgan fingerprint density at radius 2 is 1.83 bits per heavy atom. The van der Waals surface area contributed by atoms with Gasteiger partial charge in [-0.1, -0.05) is 30.3 Å². The minimum Gasteiger partial charge on any atom is -0.478 e. The van der Waals surface area contributed by atoms with Crippen molar-refractivity contribution in [2.75, 3.05) is 4.90 Å². The first-order chi connectivity index (χ1) is 10.9. The van der Waals surface area contributed by atoms with Gasteiger partial charge in [-0.25, -0.2) is 4.79 Å². The number of amides is 1. The quantitative estimate of drug-likeness (QED) is 0.675. The van der Waals surface area contributed by atoms with E-state index in [2.05, 4.69) is 0 Å². The second-order valence-corrected chi connectivity index (χ2v) is 4.85. The predicted molar refractivity (Wildman–Crippen MR) is 83.4 cm³/mol. The first-order valence-corrected chi connectivity index (χ1v) is 6.74. The van der Waals surface area contributed by atoms with Gasteiger partial charge in [-0.3, -0.25) is 14.9 Å². The zero-order valence-corrected chi connectivity index (χ0v) is 12.3. The maximum Gasteiger partial charge on any atom is 0.338 e. The maximum absolute atomic E-state index is 11.9. The molecule has 0 saturated heterocycles. The van der Waals surface area contributed by atoms with Crippen molar-refractivity contribution in [3.8, 4) is 0 Å². The van der Waals surface area contributed by atoms with Gasteiger partial charge in [0.1, 0.15) is 0 Å². The van der Waals surface area contributed by atoms with Crippen LogP contribution in [-0.2, 0) is 11.3 Å². The number of carbonyl (C=O) groups is 2. The molecule has 1 amide bonds. The van der Waals surface area contributed by atoms with E-state index in [0.717, 1.165) is 11.6 Å². The van der Waals surface area contributed by atoms with Crippen molar-refractivity contribution in [2.45, 2.75) is 13.5 Å². The topological polar surface area (TPSA) is 101 Å². The molecule has 23 heavy (non-hydrogen) atoms. The average Bonchev–Trinajstić information content (AvgIpc) is 2.52. The number of carboxylic acid groups (broad SMARTS) is 1. The van der Waals surface area contributed by atoms with E-state index in [1.54, 1.807) is 0 Å². The van der Waals surface area contributed by atoms with Crippen LogP contribution >= 0.6 is 0 Å². The highest BCUT2D eigenvalue weighted by atomic mass is 16.6. The predicted octanol–water partition coefficient (Wildman–Crippen LogP) is 2.85. The van der Waals surface area contributed by atoms with Gasteiger partial charge in [0.05, 0.1) is 22.7 Å². The van der Waals surface area contributed by atoms with E-state index in [-0.39, 0.29) is 29.4 Å².